The summed E-state index contributed by atoms with van der Waals surface area (Å²) in [7, 11) is 0. The van der Waals surface area contributed by atoms with Crippen molar-refractivity contribution < 1.29 is 4.79 Å². The van der Waals surface area contributed by atoms with Crippen LogP contribution in [0, 0.1) is 0 Å². The van der Waals surface area contributed by atoms with Crippen LogP contribution < -0.4 is 5.73 Å². The molecule has 0 bridgehead atoms. The fourth-order valence-corrected chi connectivity index (χ4v) is 0.949. The van der Waals surface area contributed by atoms with Gasteiger partial charge in [-0.1, -0.05) is 0 Å². The van der Waals surface area contributed by atoms with Gasteiger partial charge in [0.1, 0.15) is 11.2 Å². The van der Waals surface area contributed by atoms with Gasteiger partial charge in [-0.15, -0.1) is 0 Å². The van der Waals surface area contributed by atoms with Crippen LogP contribution in [0.1, 0.15) is 10.5 Å². The van der Waals surface area contributed by atoms with Gasteiger partial charge in [0, 0.05) is 6.20 Å². The summed E-state index contributed by atoms with van der Waals surface area (Å²) in [6.07, 6.45) is 3.05. The zero-order valence-corrected chi connectivity index (χ0v) is 6.11. The Morgan fingerprint density at radius 1 is 1.58 bits per heavy atom. The van der Waals surface area contributed by atoms with Gasteiger partial charge in [0.15, 0.2) is 5.65 Å². The molecule has 60 valence electrons. The lowest BCUT2D eigenvalue weighted by molar-refractivity contribution is 0.0995. The number of aromatic amines is 1. The second-order valence-electron chi connectivity index (χ2n) is 2.33. The molecule has 0 aliphatic heterocycles. The van der Waals surface area contributed by atoms with E-state index < -0.39 is 5.91 Å². The molecule has 2 rings (SSSR count). The Balaban J connectivity index is 2.68. The summed E-state index contributed by atoms with van der Waals surface area (Å²) in [6, 6.07) is 1.73. The van der Waals surface area contributed by atoms with Crippen LogP contribution in [-0.4, -0.2) is 20.9 Å². The highest BCUT2D eigenvalue weighted by molar-refractivity contribution is 5.92. The van der Waals surface area contributed by atoms with E-state index in [1.165, 1.54) is 6.20 Å². The number of hydrogen-bond donors (Lipinski definition) is 2. The highest BCUT2D eigenvalue weighted by Gasteiger charge is 2.03. The minimum absolute atomic E-state index is 0.183. The third-order valence-corrected chi connectivity index (χ3v) is 1.51. The van der Waals surface area contributed by atoms with Crippen LogP contribution in [-0.2, 0) is 0 Å². The van der Waals surface area contributed by atoms with Crippen molar-refractivity contribution in [1.82, 2.24) is 15.0 Å². The average Bonchev–Trinajstić information content (AvgIpc) is 2.49. The Bertz CT molecular complexity index is 434. The number of nitrogens with zero attached hydrogens (tertiary/aromatic N) is 2. The van der Waals surface area contributed by atoms with E-state index in [0.717, 1.165) is 0 Å². The molecule has 2 aromatic rings. The van der Waals surface area contributed by atoms with E-state index in [4.69, 9.17) is 5.73 Å². The summed E-state index contributed by atoms with van der Waals surface area (Å²) in [5, 5.41) is 0. The molecule has 2 aromatic heterocycles. The average molecular weight is 162 g/mol. The predicted octanol–water partition coefficient (Wildman–Crippen LogP) is 0.0568. The Labute approximate surface area is 67.6 Å². The third-order valence-electron chi connectivity index (χ3n) is 1.51. The number of nitrogens with two attached hydrogens (primary N) is 1. The quantitative estimate of drug-likeness (QED) is 0.621. The molecule has 0 unspecified atom stereocenters. The smallest absolute Gasteiger partial charge is 0.268 e. The largest absolute Gasteiger partial charge is 0.364 e. The lowest BCUT2D eigenvalue weighted by Crippen LogP contribution is -2.13. The van der Waals surface area contributed by atoms with Crippen molar-refractivity contribution in [2.45, 2.75) is 0 Å². The van der Waals surface area contributed by atoms with Crippen LogP contribution in [0.2, 0.25) is 0 Å². The van der Waals surface area contributed by atoms with Crippen LogP contribution in [0.5, 0.6) is 0 Å². The van der Waals surface area contributed by atoms with E-state index in [0.29, 0.717) is 11.2 Å². The molecule has 0 aliphatic rings. The minimum Gasteiger partial charge on any atom is -0.364 e. The van der Waals surface area contributed by atoms with Gasteiger partial charge >= 0.3 is 0 Å². The molecular formula is C7H6N4O. The van der Waals surface area contributed by atoms with Crippen molar-refractivity contribution in [1.29, 1.82) is 0 Å². The van der Waals surface area contributed by atoms with Crippen molar-refractivity contribution in [2.75, 3.05) is 0 Å². The predicted molar refractivity (Wildman–Crippen MR) is 42.4 cm³/mol. The van der Waals surface area contributed by atoms with E-state index in [1.54, 1.807) is 12.3 Å². The molecule has 3 N–H and O–H groups in total. The van der Waals surface area contributed by atoms with E-state index >= 15 is 0 Å². The van der Waals surface area contributed by atoms with Gasteiger partial charge in [0.2, 0.25) is 0 Å². The van der Waals surface area contributed by atoms with E-state index in [1.807, 2.05) is 0 Å². The summed E-state index contributed by atoms with van der Waals surface area (Å²) in [4.78, 5) is 21.4. The SMILES string of the molecule is NC(=O)c1cnc2[nH]ccc2n1. The van der Waals surface area contributed by atoms with Gasteiger partial charge in [0.25, 0.3) is 5.91 Å². The molecule has 0 radical (unpaired) electrons. The minimum atomic E-state index is -0.564. The molecule has 12 heavy (non-hydrogen) atoms. The summed E-state index contributed by atoms with van der Waals surface area (Å²) >= 11 is 0. The highest BCUT2D eigenvalue weighted by atomic mass is 16.1. The van der Waals surface area contributed by atoms with Crippen LogP contribution in [0.25, 0.3) is 11.2 Å². The fraction of sp³-hybridized carbons (Fsp3) is 0. The number of H-pyrrole nitrogens is 1. The number of aromatic nitrogens is 3. The molecular weight excluding hydrogens is 156 g/mol. The van der Waals surface area contributed by atoms with E-state index in [2.05, 4.69) is 15.0 Å². The van der Waals surface area contributed by atoms with Crippen LogP contribution in [0.3, 0.4) is 0 Å². The first kappa shape index (κ1) is 6.78. The fourth-order valence-electron chi connectivity index (χ4n) is 0.949. The molecule has 0 saturated carbocycles. The number of carbonyl (C=O) groups excluding carboxylic acids is 1. The zero-order valence-electron chi connectivity index (χ0n) is 6.11. The van der Waals surface area contributed by atoms with Crippen molar-refractivity contribution >= 4 is 17.1 Å². The Morgan fingerprint density at radius 2 is 2.42 bits per heavy atom. The van der Waals surface area contributed by atoms with Crippen molar-refractivity contribution in [2.24, 2.45) is 5.73 Å². The number of carbonyl (C=O) groups is 1. The molecule has 0 aliphatic carbocycles. The van der Waals surface area contributed by atoms with Crippen LogP contribution in [0.15, 0.2) is 18.5 Å². The Hall–Kier alpha value is -1.91. The molecule has 0 aromatic carbocycles. The Morgan fingerprint density at radius 3 is 3.17 bits per heavy atom. The molecule has 0 atom stereocenters. The van der Waals surface area contributed by atoms with Gasteiger partial charge in [-0.05, 0) is 6.07 Å². The first-order valence-corrected chi connectivity index (χ1v) is 3.37. The monoisotopic (exact) mass is 162 g/mol. The van der Waals surface area contributed by atoms with Gasteiger partial charge in [-0.3, -0.25) is 4.79 Å². The maximum absolute atomic E-state index is 10.7. The second kappa shape index (κ2) is 2.30. The first-order chi connectivity index (χ1) is 5.77. The number of primary amides is 1. The second-order valence-corrected chi connectivity index (χ2v) is 2.33. The molecule has 0 spiro atoms. The summed E-state index contributed by atoms with van der Waals surface area (Å²) in [5.74, 6) is -0.564. The molecule has 5 heteroatoms. The third kappa shape index (κ3) is 0.914. The zero-order chi connectivity index (χ0) is 8.55. The highest BCUT2D eigenvalue weighted by Crippen LogP contribution is 2.05. The van der Waals surface area contributed by atoms with Crippen LogP contribution in [0.4, 0.5) is 0 Å². The van der Waals surface area contributed by atoms with Gasteiger partial charge in [-0.25, -0.2) is 9.97 Å². The molecule has 0 saturated heterocycles. The number of nitrogens with one attached hydrogen (secondary N) is 1. The van der Waals surface area contributed by atoms with Crippen molar-refractivity contribution in [3.05, 3.63) is 24.2 Å². The molecule has 5 nitrogen and oxygen atoms in total. The maximum Gasteiger partial charge on any atom is 0.268 e. The Kier molecular flexibility index (Phi) is 1.30. The normalized spacial score (nSPS) is 10.3. The summed E-state index contributed by atoms with van der Waals surface area (Å²) in [5.41, 5.74) is 6.50. The van der Waals surface area contributed by atoms with Crippen molar-refractivity contribution in [3.8, 4) is 0 Å². The van der Waals surface area contributed by atoms with Crippen LogP contribution >= 0.6 is 0 Å². The molecule has 1 amide bonds. The van der Waals surface area contributed by atoms with Gasteiger partial charge < -0.3 is 10.7 Å². The summed E-state index contributed by atoms with van der Waals surface area (Å²) in [6.45, 7) is 0. The maximum atomic E-state index is 10.7. The number of amides is 1. The molecule has 2 heterocycles. The topological polar surface area (TPSA) is 84.7 Å². The van der Waals surface area contributed by atoms with E-state index in [-0.39, 0.29) is 5.69 Å². The van der Waals surface area contributed by atoms with Gasteiger partial charge in [0.05, 0.1) is 6.20 Å². The number of rotatable bonds is 1. The molecule has 0 fully saturated rings. The number of fused-ring (bicyclic) bond motifs is 1. The lowest BCUT2D eigenvalue weighted by atomic mass is 10.4. The standard InChI is InChI=1S/C7H6N4O/c8-6(12)5-3-10-7-4(11-5)1-2-9-7/h1-3H,(H2,8,12)(H,9,10). The van der Waals surface area contributed by atoms with Crippen molar-refractivity contribution in [3.63, 3.8) is 0 Å². The lowest BCUT2D eigenvalue weighted by Gasteiger charge is -1.92. The first-order valence-electron chi connectivity index (χ1n) is 3.37. The number of hydrogen-bond acceptors (Lipinski definition) is 3. The van der Waals surface area contributed by atoms with E-state index in [9.17, 15) is 4.79 Å². The summed E-state index contributed by atoms with van der Waals surface area (Å²) < 4.78 is 0. The van der Waals surface area contributed by atoms with Gasteiger partial charge in [-0.2, -0.15) is 0 Å².